The Morgan fingerprint density at radius 1 is 1.19 bits per heavy atom. The SMILES string of the molecule is Cc1cc(CN(C)C)c(CN(C(=O)c2cc(Br)cc3[nH]ncc23)C2CCCC2)c(=O)[nH]1. The molecule has 0 bridgehead atoms. The maximum Gasteiger partial charge on any atom is 0.255 e. The lowest BCUT2D eigenvalue weighted by Crippen LogP contribution is -2.40. The van der Waals surface area contributed by atoms with E-state index in [9.17, 15) is 9.59 Å². The number of carbonyl (C=O) groups excluding carboxylic acids is 1. The number of H-pyrrole nitrogens is 2. The predicted molar refractivity (Wildman–Crippen MR) is 125 cm³/mol. The number of benzene rings is 1. The van der Waals surface area contributed by atoms with Gasteiger partial charge in [-0.2, -0.15) is 5.10 Å². The van der Waals surface area contributed by atoms with Gasteiger partial charge in [-0.05, 0) is 57.6 Å². The zero-order valence-corrected chi connectivity index (χ0v) is 19.8. The Labute approximate surface area is 190 Å². The summed E-state index contributed by atoms with van der Waals surface area (Å²) in [6.07, 6.45) is 5.81. The van der Waals surface area contributed by atoms with Crippen molar-refractivity contribution in [2.24, 2.45) is 0 Å². The van der Waals surface area contributed by atoms with Gasteiger partial charge in [-0.3, -0.25) is 14.7 Å². The quantitative estimate of drug-likeness (QED) is 0.552. The van der Waals surface area contributed by atoms with Crippen molar-refractivity contribution in [3.05, 3.63) is 61.6 Å². The first kappa shape index (κ1) is 21.8. The second kappa shape index (κ2) is 8.96. The molecule has 0 unspecified atom stereocenters. The van der Waals surface area contributed by atoms with Crippen LogP contribution in [0.15, 0.2) is 33.7 Å². The molecule has 31 heavy (non-hydrogen) atoms. The molecule has 0 saturated heterocycles. The number of aromatic amines is 2. The fourth-order valence-corrected chi connectivity index (χ4v) is 5.00. The lowest BCUT2D eigenvalue weighted by atomic mass is 10.0. The molecule has 7 nitrogen and oxygen atoms in total. The Hall–Kier alpha value is -2.45. The number of aromatic nitrogens is 3. The van der Waals surface area contributed by atoms with Crippen molar-refractivity contribution >= 4 is 32.7 Å². The highest BCUT2D eigenvalue weighted by atomic mass is 79.9. The Bertz CT molecular complexity index is 1160. The minimum Gasteiger partial charge on any atom is -0.331 e. The van der Waals surface area contributed by atoms with E-state index in [2.05, 4.69) is 31.1 Å². The van der Waals surface area contributed by atoms with Crippen LogP contribution in [0.3, 0.4) is 0 Å². The highest BCUT2D eigenvalue weighted by molar-refractivity contribution is 9.10. The van der Waals surface area contributed by atoms with Gasteiger partial charge < -0.3 is 14.8 Å². The Morgan fingerprint density at radius 3 is 2.65 bits per heavy atom. The summed E-state index contributed by atoms with van der Waals surface area (Å²) >= 11 is 3.52. The van der Waals surface area contributed by atoms with E-state index < -0.39 is 0 Å². The molecule has 1 saturated carbocycles. The van der Waals surface area contributed by atoms with Crippen LogP contribution in [-0.2, 0) is 13.1 Å². The van der Waals surface area contributed by atoms with Crippen LogP contribution in [0.2, 0.25) is 0 Å². The smallest absolute Gasteiger partial charge is 0.255 e. The summed E-state index contributed by atoms with van der Waals surface area (Å²) in [6.45, 7) is 2.84. The van der Waals surface area contributed by atoms with Gasteiger partial charge in [0.05, 0.1) is 23.8 Å². The molecule has 164 valence electrons. The summed E-state index contributed by atoms with van der Waals surface area (Å²) in [6, 6.07) is 5.91. The van der Waals surface area contributed by atoms with E-state index in [1.807, 2.05) is 49.0 Å². The van der Waals surface area contributed by atoms with Crippen molar-refractivity contribution < 1.29 is 4.79 Å². The first-order chi connectivity index (χ1) is 14.8. The van der Waals surface area contributed by atoms with Crippen molar-refractivity contribution in [3.63, 3.8) is 0 Å². The van der Waals surface area contributed by atoms with Crippen LogP contribution < -0.4 is 5.56 Å². The number of rotatable bonds is 6. The summed E-state index contributed by atoms with van der Waals surface area (Å²) in [5, 5.41) is 7.86. The van der Waals surface area contributed by atoms with E-state index >= 15 is 0 Å². The van der Waals surface area contributed by atoms with E-state index in [1.54, 1.807) is 6.20 Å². The van der Waals surface area contributed by atoms with Crippen molar-refractivity contribution in [1.29, 1.82) is 0 Å². The molecule has 0 aliphatic heterocycles. The summed E-state index contributed by atoms with van der Waals surface area (Å²) in [5.41, 5.74) is 3.75. The van der Waals surface area contributed by atoms with Crippen LogP contribution in [0, 0.1) is 6.92 Å². The summed E-state index contributed by atoms with van der Waals surface area (Å²) in [5.74, 6) is -0.0598. The van der Waals surface area contributed by atoms with Gasteiger partial charge in [0.25, 0.3) is 11.5 Å². The first-order valence-electron chi connectivity index (χ1n) is 10.6. The standard InChI is InChI=1S/C23H28BrN5O2/c1-14-8-15(12-28(2)3)20(22(30)26-14)13-29(17-6-4-5-7-17)23(31)18-9-16(24)10-21-19(18)11-25-27-21/h8-11,17H,4-7,12-13H2,1-3H3,(H,25,27)(H,26,30). The van der Waals surface area contributed by atoms with Gasteiger partial charge in [0.1, 0.15) is 0 Å². The van der Waals surface area contributed by atoms with Crippen LogP contribution >= 0.6 is 15.9 Å². The van der Waals surface area contributed by atoms with Crippen molar-refractivity contribution in [3.8, 4) is 0 Å². The molecule has 1 aliphatic carbocycles. The molecule has 2 N–H and O–H groups in total. The number of aryl methyl sites for hydroxylation is 1. The maximum absolute atomic E-state index is 13.9. The second-order valence-electron chi connectivity index (χ2n) is 8.68. The minimum absolute atomic E-state index is 0.0598. The fourth-order valence-electron chi connectivity index (χ4n) is 4.54. The van der Waals surface area contributed by atoms with E-state index in [-0.39, 0.29) is 17.5 Å². The number of hydrogen-bond acceptors (Lipinski definition) is 4. The molecular weight excluding hydrogens is 458 g/mol. The predicted octanol–water partition coefficient (Wildman–Crippen LogP) is 3.97. The molecule has 1 fully saturated rings. The molecule has 4 rings (SSSR count). The number of nitrogens with zero attached hydrogens (tertiary/aromatic N) is 3. The third-order valence-corrected chi connectivity index (χ3v) is 6.42. The molecule has 8 heteroatoms. The zero-order chi connectivity index (χ0) is 22.1. The van der Waals surface area contributed by atoms with Gasteiger partial charge in [-0.1, -0.05) is 28.8 Å². The molecule has 2 aromatic heterocycles. The van der Waals surface area contributed by atoms with E-state index in [1.165, 1.54) is 0 Å². The summed E-state index contributed by atoms with van der Waals surface area (Å²) in [7, 11) is 3.97. The van der Waals surface area contributed by atoms with Gasteiger partial charge in [-0.15, -0.1) is 0 Å². The van der Waals surface area contributed by atoms with Crippen molar-refractivity contribution in [2.75, 3.05) is 14.1 Å². The molecule has 0 radical (unpaired) electrons. The van der Waals surface area contributed by atoms with Crippen LogP contribution in [-0.4, -0.2) is 51.0 Å². The van der Waals surface area contributed by atoms with Crippen molar-refractivity contribution in [1.82, 2.24) is 25.0 Å². The molecule has 2 heterocycles. The molecule has 0 spiro atoms. The van der Waals surface area contributed by atoms with Crippen LogP contribution in [0.1, 0.15) is 52.9 Å². The average molecular weight is 486 g/mol. The average Bonchev–Trinajstić information content (AvgIpc) is 3.37. The Kier molecular flexibility index (Phi) is 6.29. The van der Waals surface area contributed by atoms with E-state index in [0.29, 0.717) is 24.2 Å². The molecule has 1 aromatic carbocycles. The minimum atomic E-state index is -0.115. The normalized spacial score (nSPS) is 14.6. The van der Waals surface area contributed by atoms with Gasteiger partial charge >= 0.3 is 0 Å². The Balaban J connectivity index is 1.77. The van der Waals surface area contributed by atoms with Gasteiger partial charge in [0.2, 0.25) is 0 Å². The third kappa shape index (κ3) is 4.60. The topological polar surface area (TPSA) is 85.1 Å². The Morgan fingerprint density at radius 2 is 1.94 bits per heavy atom. The number of fused-ring (bicyclic) bond motifs is 1. The molecule has 1 aliphatic rings. The number of nitrogens with one attached hydrogen (secondary N) is 2. The maximum atomic E-state index is 13.9. The van der Waals surface area contributed by atoms with E-state index in [0.717, 1.165) is 52.3 Å². The van der Waals surface area contributed by atoms with E-state index in [4.69, 9.17) is 0 Å². The fraction of sp³-hybridized carbons (Fsp3) is 0.435. The van der Waals surface area contributed by atoms with Crippen LogP contribution in [0.25, 0.3) is 10.9 Å². The first-order valence-corrected chi connectivity index (χ1v) is 11.4. The molecule has 0 atom stereocenters. The lowest BCUT2D eigenvalue weighted by molar-refractivity contribution is 0.0665. The van der Waals surface area contributed by atoms with Gasteiger partial charge in [-0.25, -0.2) is 0 Å². The van der Waals surface area contributed by atoms with Gasteiger partial charge in [0.15, 0.2) is 0 Å². The van der Waals surface area contributed by atoms with Gasteiger partial charge in [0, 0.05) is 33.7 Å². The number of hydrogen-bond donors (Lipinski definition) is 2. The molecule has 1 amide bonds. The molecular formula is C23H28BrN5O2. The second-order valence-corrected chi connectivity index (χ2v) is 9.59. The monoisotopic (exact) mass is 485 g/mol. The highest BCUT2D eigenvalue weighted by Crippen LogP contribution is 2.30. The number of carbonyl (C=O) groups is 1. The third-order valence-electron chi connectivity index (χ3n) is 5.96. The zero-order valence-electron chi connectivity index (χ0n) is 18.2. The number of amides is 1. The van der Waals surface area contributed by atoms with Crippen molar-refractivity contribution in [2.45, 2.75) is 51.7 Å². The largest absolute Gasteiger partial charge is 0.331 e. The lowest BCUT2D eigenvalue weighted by Gasteiger charge is -2.30. The summed E-state index contributed by atoms with van der Waals surface area (Å²) in [4.78, 5) is 33.7. The number of halogens is 1. The summed E-state index contributed by atoms with van der Waals surface area (Å²) < 4.78 is 0.820. The van der Waals surface area contributed by atoms with Crippen LogP contribution in [0.5, 0.6) is 0 Å². The number of pyridine rings is 1. The highest BCUT2D eigenvalue weighted by Gasteiger charge is 2.30. The molecule has 3 aromatic rings. The van der Waals surface area contributed by atoms with Crippen LogP contribution in [0.4, 0.5) is 0 Å².